The van der Waals surface area contributed by atoms with Crippen molar-refractivity contribution >= 4 is 16.1 Å². The molecule has 1 N–H and O–H groups in total. The van der Waals surface area contributed by atoms with Crippen LogP contribution in [0.5, 0.6) is 0 Å². The van der Waals surface area contributed by atoms with Gasteiger partial charge in [0.25, 0.3) is 10.0 Å². The van der Waals surface area contributed by atoms with Crippen LogP contribution in [0, 0.1) is 5.82 Å². The molecule has 9 heteroatoms. The number of nitrogens with one attached hydrogen (secondary N) is 1. The van der Waals surface area contributed by atoms with Crippen LogP contribution in [-0.4, -0.2) is 61.4 Å². The molecular formula is C12H17FN4O3S. The van der Waals surface area contributed by atoms with Gasteiger partial charge in [0.1, 0.15) is 0 Å². The van der Waals surface area contributed by atoms with Crippen molar-refractivity contribution < 1.29 is 17.6 Å². The second kappa shape index (κ2) is 6.35. The third-order valence-electron chi connectivity index (χ3n) is 3.16. The van der Waals surface area contributed by atoms with Gasteiger partial charge in [0, 0.05) is 38.9 Å². The Kier molecular flexibility index (Phi) is 4.73. The summed E-state index contributed by atoms with van der Waals surface area (Å²) in [6, 6.07) is 2.17. The Morgan fingerprint density at radius 2 is 2.05 bits per heavy atom. The molecule has 1 saturated heterocycles. The summed E-state index contributed by atoms with van der Waals surface area (Å²) in [7, 11) is -3.97. The van der Waals surface area contributed by atoms with E-state index in [0.29, 0.717) is 6.54 Å². The molecule has 0 bridgehead atoms. The predicted octanol–water partition coefficient (Wildman–Crippen LogP) is 0.257. The molecule has 1 aliphatic rings. The van der Waals surface area contributed by atoms with Gasteiger partial charge in [-0.2, -0.15) is 4.31 Å². The first-order chi connectivity index (χ1) is 9.96. The number of carbonyl (C=O) groups is 1. The van der Waals surface area contributed by atoms with Crippen LogP contribution >= 0.6 is 0 Å². The fraction of sp³-hybridized carbons (Fsp3) is 0.500. The summed E-state index contributed by atoms with van der Waals surface area (Å²) in [5.74, 6) is -0.872. The first-order valence-electron chi connectivity index (χ1n) is 6.60. The number of hydrogen-bond acceptors (Lipinski definition) is 4. The first kappa shape index (κ1) is 15.6. The van der Waals surface area contributed by atoms with Crippen LogP contribution in [0.1, 0.15) is 6.92 Å². The van der Waals surface area contributed by atoms with Crippen LogP contribution in [0.25, 0.3) is 0 Å². The van der Waals surface area contributed by atoms with E-state index in [1.807, 2.05) is 6.92 Å². The average Bonchev–Trinajstić information content (AvgIpc) is 2.48. The molecule has 2 rings (SSSR count). The average molecular weight is 316 g/mol. The molecule has 2 heterocycles. The van der Waals surface area contributed by atoms with Gasteiger partial charge in [0.15, 0.2) is 5.82 Å². The smallest absolute Gasteiger partial charge is 0.317 e. The summed E-state index contributed by atoms with van der Waals surface area (Å²) in [5, 5.41) is 2.08. The molecular weight excluding hydrogens is 299 g/mol. The number of rotatable bonds is 3. The number of aromatic nitrogens is 1. The number of carbonyl (C=O) groups excluding carboxylic acids is 1. The first-order valence-corrected chi connectivity index (χ1v) is 8.04. The van der Waals surface area contributed by atoms with Crippen LogP contribution in [0.3, 0.4) is 0 Å². The monoisotopic (exact) mass is 316 g/mol. The van der Waals surface area contributed by atoms with Crippen molar-refractivity contribution in [2.24, 2.45) is 0 Å². The quantitative estimate of drug-likeness (QED) is 0.867. The molecule has 1 aromatic rings. The Hall–Kier alpha value is -1.74. The highest BCUT2D eigenvalue weighted by molar-refractivity contribution is 7.89. The maximum Gasteiger partial charge on any atom is 0.317 e. The van der Waals surface area contributed by atoms with Crippen molar-refractivity contribution in [3.8, 4) is 0 Å². The molecule has 21 heavy (non-hydrogen) atoms. The zero-order valence-electron chi connectivity index (χ0n) is 11.6. The minimum Gasteiger partial charge on any atom is -0.338 e. The van der Waals surface area contributed by atoms with Gasteiger partial charge in [0.2, 0.25) is 5.03 Å². The summed E-state index contributed by atoms with van der Waals surface area (Å²) in [5.41, 5.74) is 0. The highest BCUT2D eigenvalue weighted by Crippen LogP contribution is 2.18. The molecule has 1 aromatic heterocycles. The van der Waals surface area contributed by atoms with E-state index in [-0.39, 0.29) is 32.2 Å². The Morgan fingerprint density at radius 1 is 1.38 bits per heavy atom. The van der Waals surface area contributed by atoms with Crippen molar-refractivity contribution in [3.63, 3.8) is 0 Å². The number of pyridine rings is 1. The second-order valence-electron chi connectivity index (χ2n) is 4.52. The molecule has 0 saturated carbocycles. The summed E-state index contributed by atoms with van der Waals surface area (Å²) >= 11 is 0. The molecule has 2 amide bonds. The molecule has 1 aliphatic heterocycles. The SMILES string of the molecule is CCNC(=O)N1CCN(S(=O)(=O)c2ncccc2F)CC1. The van der Waals surface area contributed by atoms with Crippen LogP contribution in [0.15, 0.2) is 23.4 Å². The fourth-order valence-electron chi connectivity index (χ4n) is 2.08. The third-order valence-corrected chi connectivity index (χ3v) is 5.00. The Labute approximate surface area is 122 Å². The van der Waals surface area contributed by atoms with E-state index in [1.54, 1.807) is 0 Å². The van der Waals surface area contributed by atoms with Crippen molar-refractivity contribution in [1.29, 1.82) is 0 Å². The summed E-state index contributed by atoms with van der Waals surface area (Å²) in [6.45, 7) is 3.09. The lowest BCUT2D eigenvalue weighted by atomic mass is 10.4. The summed E-state index contributed by atoms with van der Waals surface area (Å²) < 4.78 is 39.4. The Morgan fingerprint density at radius 3 is 2.62 bits per heavy atom. The van der Waals surface area contributed by atoms with E-state index in [2.05, 4.69) is 10.3 Å². The molecule has 0 aromatic carbocycles. The number of halogens is 1. The molecule has 0 spiro atoms. The predicted molar refractivity (Wildman–Crippen MR) is 73.6 cm³/mol. The fourth-order valence-corrected chi connectivity index (χ4v) is 3.47. The molecule has 116 valence electrons. The molecule has 0 atom stereocenters. The van der Waals surface area contributed by atoms with E-state index < -0.39 is 20.9 Å². The minimum atomic E-state index is -3.97. The van der Waals surface area contributed by atoms with Gasteiger partial charge in [-0.05, 0) is 19.1 Å². The lowest BCUT2D eigenvalue weighted by Crippen LogP contribution is -2.53. The Balaban J connectivity index is 2.08. The third kappa shape index (κ3) is 3.30. The maximum atomic E-state index is 13.6. The highest BCUT2D eigenvalue weighted by atomic mass is 32.2. The standard InChI is InChI=1S/C12H17FN4O3S/c1-2-14-12(18)16-6-8-17(9-7-16)21(19,20)11-10(13)4-3-5-15-11/h3-5H,2,6-9H2,1H3,(H,14,18). The van der Waals surface area contributed by atoms with Crippen LogP contribution in [0.4, 0.5) is 9.18 Å². The molecule has 7 nitrogen and oxygen atoms in total. The van der Waals surface area contributed by atoms with Gasteiger partial charge in [-0.15, -0.1) is 0 Å². The number of nitrogens with zero attached hydrogens (tertiary/aromatic N) is 3. The molecule has 0 aliphatic carbocycles. The van der Waals surface area contributed by atoms with Gasteiger partial charge < -0.3 is 10.2 Å². The Bertz CT molecular complexity index is 615. The lowest BCUT2D eigenvalue weighted by Gasteiger charge is -2.33. The van der Waals surface area contributed by atoms with Crippen molar-refractivity contribution in [2.45, 2.75) is 11.9 Å². The van der Waals surface area contributed by atoms with E-state index in [1.165, 1.54) is 17.2 Å². The number of urea groups is 1. The number of hydrogen-bond donors (Lipinski definition) is 1. The van der Waals surface area contributed by atoms with Crippen LogP contribution < -0.4 is 5.32 Å². The zero-order valence-corrected chi connectivity index (χ0v) is 12.4. The number of sulfonamides is 1. The van der Waals surface area contributed by atoms with E-state index >= 15 is 0 Å². The summed E-state index contributed by atoms with van der Waals surface area (Å²) in [4.78, 5) is 16.8. The second-order valence-corrected chi connectivity index (χ2v) is 6.37. The van der Waals surface area contributed by atoms with Gasteiger partial charge in [-0.1, -0.05) is 0 Å². The zero-order chi connectivity index (χ0) is 15.5. The highest BCUT2D eigenvalue weighted by Gasteiger charge is 2.32. The van der Waals surface area contributed by atoms with Crippen LogP contribution in [-0.2, 0) is 10.0 Å². The maximum absolute atomic E-state index is 13.6. The molecule has 0 unspecified atom stereocenters. The largest absolute Gasteiger partial charge is 0.338 e. The number of amides is 2. The molecule has 0 radical (unpaired) electrons. The topological polar surface area (TPSA) is 82.6 Å². The minimum absolute atomic E-state index is 0.121. The van der Waals surface area contributed by atoms with Gasteiger partial charge in [-0.25, -0.2) is 22.6 Å². The van der Waals surface area contributed by atoms with E-state index in [9.17, 15) is 17.6 Å². The normalized spacial score (nSPS) is 16.8. The summed E-state index contributed by atoms with van der Waals surface area (Å²) in [6.07, 6.45) is 1.24. The van der Waals surface area contributed by atoms with E-state index in [0.717, 1.165) is 10.4 Å². The van der Waals surface area contributed by atoms with Crippen LogP contribution in [0.2, 0.25) is 0 Å². The van der Waals surface area contributed by atoms with E-state index in [4.69, 9.17) is 0 Å². The van der Waals surface area contributed by atoms with Gasteiger partial charge >= 0.3 is 6.03 Å². The lowest BCUT2D eigenvalue weighted by molar-refractivity contribution is 0.172. The van der Waals surface area contributed by atoms with Crippen molar-refractivity contribution in [3.05, 3.63) is 24.1 Å². The van der Waals surface area contributed by atoms with Gasteiger partial charge in [0.05, 0.1) is 0 Å². The molecule has 1 fully saturated rings. The van der Waals surface area contributed by atoms with Gasteiger partial charge in [-0.3, -0.25) is 0 Å². The number of piperazine rings is 1. The van der Waals surface area contributed by atoms with Crippen molar-refractivity contribution in [2.75, 3.05) is 32.7 Å². The van der Waals surface area contributed by atoms with Crippen molar-refractivity contribution in [1.82, 2.24) is 19.5 Å².